The maximum Gasteiger partial charge on any atom is 0.255 e. The summed E-state index contributed by atoms with van der Waals surface area (Å²) in [5.74, 6) is 0.488. The first kappa shape index (κ1) is 13.0. The SMILES string of the molecule is Cc1cc(C(=O)N2CCCC(CN)C2)c(C)nn1. The molecule has 5 heteroatoms. The van der Waals surface area contributed by atoms with Crippen LogP contribution >= 0.6 is 0 Å². The van der Waals surface area contributed by atoms with Crippen molar-refractivity contribution in [3.8, 4) is 0 Å². The van der Waals surface area contributed by atoms with E-state index >= 15 is 0 Å². The Morgan fingerprint density at radius 2 is 2.28 bits per heavy atom. The Hall–Kier alpha value is -1.49. The van der Waals surface area contributed by atoms with Crippen LogP contribution in [0.2, 0.25) is 0 Å². The Morgan fingerprint density at radius 3 is 3.00 bits per heavy atom. The van der Waals surface area contributed by atoms with Gasteiger partial charge in [0, 0.05) is 13.1 Å². The number of hydrogen-bond donors (Lipinski definition) is 1. The molecule has 0 saturated carbocycles. The first-order valence-electron chi connectivity index (χ1n) is 6.42. The lowest BCUT2D eigenvalue weighted by Gasteiger charge is -2.32. The summed E-state index contributed by atoms with van der Waals surface area (Å²) in [7, 11) is 0. The van der Waals surface area contributed by atoms with Crippen LogP contribution in [0.3, 0.4) is 0 Å². The molecule has 1 aromatic rings. The largest absolute Gasteiger partial charge is 0.338 e. The molecule has 1 aliphatic heterocycles. The number of hydrogen-bond acceptors (Lipinski definition) is 4. The van der Waals surface area contributed by atoms with Gasteiger partial charge >= 0.3 is 0 Å². The quantitative estimate of drug-likeness (QED) is 0.844. The van der Waals surface area contributed by atoms with Crippen molar-refractivity contribution in [2.45, 2.75) is 26.7 Å². The molecular formula is C13H20N4O. The summed E-state index contributed by atoms with van der Waals surface area (Å²) in [5, 5.41) is 7.97. The van der Waals surface area contributed by atoms with Crippen molar-refractivity contribution < 1.29 is 4.79 Å². The monoisotopic (exact) mass is 248 g/mol. The number of rotatable bonds is 2. The molecule has 1 aliphatic rings. The summed E-state index contributed by atoms with van der Waals surface area (Å²) in [5.41, 5.74) is 7.83. The number of carbonyl (C=O) groups excluding carboxylic acids is 1. The zero-order chi connectivity index (χ0) is 13.1. The molecule has 0 aromatic carbocycles. The van der Waals surface area contributed by atoms with E-state index < -0.39 is 0 Å². The fourth-order valence-electron chi connectivity index (χ4n) is 2.38. The lowest BCUT2D eigenvalue weighted by atomic mass is 9.97. The van der Waals surface area contributed by atoms with Gasteiger partial charge in [0.15, 0.2) is 0 Å². The van der Waals surface area contributed by atoms with Crippen molar-refractivity contribution in [1.82, 2.24) is 15.1 Å². The lowest BCUT2D eigenvalue weighted by Crippen LogP contribution is -2.42. The zero-order valence-corrected chi connectivity index (χ0v) is 11.0. The summed E-state index contributed by atoms with van der Waals surface area (Å²) in [6, 6.07) is 1.82. The van der Waals surface area contributed by atoms with Gasteiger partial charge in [-0.15, -0.1) is 0 Å². The second kappa shape index (κ2) is 5.44. The molecule has 1 amide bonds. The van der Waals surface area contributed by atoms with E-state index in [2.05, 4.69) is 10.2 Å². The van der Waals surface area contributed by atoms with Crippen molar-refractivity contribution in [1.29, 1.82) is 0 Å². The van der Waals surface area contributed by atoms with Gasteiger partial charge in [-0.2, -0.15) is 10.2 Å². The maximum absolute atomic E-state index is 12.5. The molecule has 0 bridgehead atoms. The average molecular weight is 248 g/mol. The van der Waals surface area contributed by atoms with Gasteiger partial charge in [0.25, 0.3) is 5.91 Å². The van der Waals surface area contributed by atoms with Crippen LogP contribution in [0.4, 0.5) is 0 Å². The standard InChI is InChI=1S/C13H20N4O/c1-9-6-12(10(2)16-15-9)13(18)17-5-3-4-11(7-14)8-17/h6,11H,3-5,7-8,14H2,1-2H3. The van der Waals surface area contributed by atoms with Crippen LogP contribution < -0.4 is 5.73 Å². The van der Waals surface area contributed by atoms with Gasteiger partial charge < -0.3 is 10.6 Å². The van der Waals surface area contributed by atoms with Crippen molar-refractivity contribution >= 4 is 5.91 Å². The first-order valence-corrected chi connectivity index (χ1v) is 6.42. The maximum atomic E-state index is 12.5. The fraction of sp³-hybridized carbons (Fsp3) is 0.615. The summed E-state index contributed by atoms with van der Waals surface area (Å²) < 4.78 is 0. The highest BCUT2D eigenvalue weighted by molar-refractivity contribution is 5.95. The minimum absolute atomic E-state index is 0.0589. The van der Waals surface area contributed by atoms with E-state index in [1.807, 2.05) is 24.8 Å². The third-order valence-corrected chi connectivity index (χ3v) is 3.47. The molecule has 18 heavy (non-hydrogen) atoms. The predicted molar refractivity (Wildman–Crippen MR) is 69.2 cm³/mol. The number of nitrogens with zero attached hydrogens (tertiary/aromatic N) is 3. The number of nitrogens with two attached hydrogens (primary N) is 1. The summed E-state index contributed by atoms with van der Waals surface area (Å²) in [6.45, 7) is 5.90. The van der Waals surface area contributed by atoms with Crippen molar-refractivity contribution in [2.24, 2.45) is 11.7 Å². The first-order chi connectivity index (χ1) is 8.61. The zero-order valence-electron chi connectivity index (χ0n) is 11.0. The van der Waals surface area contributed by atoms with Gasteiger partial charge in [-0.1, -0.05) is 0 Å². The summed E-state index contributed by atoms with van der Waals surface area (Å²) in [6.07, 6.45) is 2.15. The molecule has 1 fully saturated rings. The molecule has 2 rings (SSSR count). The van der Waals surface area contributed by atoms with Crippen LogP contribution in [0.1, 0.15) is 34.6 Å². The molecule has 0 aliphatic carbocycles. The van der Waals surface area contributed by atoms with Gasteiger partial charge in [0.2, 0.25) is 0 Å². The third kappa shape index (κ3) is 2.67. The van der Waals surface area contributed by atoms with Crippen molar-refractivity contribution in [2.75, 3.05) is 19.6 Å². The van der Waals surface area contributed by atoms with E-state index in [0.29, 0.717) is 23.7 Å². The Bertz CT molecular complexity index is 447. The predicted octanol–water partition coefficient (Wildman–Crippen LogP) is 0.904. The number of aryl methyl sites for hydroxylation is 2. The van der Waals surface area contributed by atoms with Crippen molar-refractivity contribution in [3.05, 3.63) is 23.0 Å². The highest BCUT2D eigenvalue weighted by atomic mass is 16.2. The van der Waals surface area contributed by atoms with Crippen molar-refractivity contribution in [3.63, 3.8) is 0 Å². The summed E-state index contributed by atoms with van der Waals surface area (Å²) >= 11 is 0. The molecule has 1 unspecified atom stereocenters. The average Bonchev–Trinajstić information content (AvgIpc) is 2.41. The number of aromatic nitrogens is 2. The van der Waals surface area contributed by atoms with Gasteiger partial charge in [0.05, 0.1) is 17.0 Å². The number of likely N-dealkylation sites (tertiary alicyclic amines) is 1. The summed E-state index contributed by atoms with van der Waals surface area (Å²) in [4.78, 5) is 14.3. The minimum Gasteiger partial charge on any atom is -0.338 e. The second-order valence-electron chi connectivity index (χ2n) is 4.98. The molecule has 0 spiro atoms. The number of piperidine rings is 1. The van der Waals surface area contributed by atoms with Crippen LogP contribution in [0.25, 0.3) is 0 Å². The van der Waals surface area contributed by atoms with E-state index in [4.69, 9.17) is 5.73 Å². The fourth-order valence-corrected chi connectivity index (χ4v) is 2.38. The molecule has 1 aromatic heterocycles. The molecule has 5 nitrogen and oxygen atoms in total. The van der Waals surface area contributed by atoms with E-state index in [1.54, 1.807) is 0 Å². The van der Waals surface area contributed by atoms with Crippen LogP contribution in [-0.2, 0) is 0 Å². The lowest BCUT2D eigenvalue weighted by molar-refractivity contribution is 0.0676. The van der Waals surface area contributed by atoms with Crippen LogP contribution in [0.5, 0.6) is 0 Å². The van der Waals surface area contributed by atoms with E-state index in [0.717, 1.165) is 31.6 Å². The van der Waals surface area contributed by atoms with Crippen LogP contribution in [-0.4, -0.2) is 40.6 Å². The molecular weight excluding hydrogens is 228 g/mol. The van der Waals surface area contributed by atoms with Gasteiger partial charge in [0.1, 0.15) is 0 Å². The molecule has 1 saturated heterocycles. The number of carbonyl (C=O) groups is 1. The molecule has 0 radical (unpaired) electrons. The van der Waals surface area contributed by atoms with Gasteiger partial charge in [-0.3, -0.25) is 4.79 Å². The Labute approximate surface area is 107 Å². The Morgan fingerprint density at radius 1 is 1.50 bits per heavy atom. The molecule has 2 N–H and O–H groups in total. The van der Waals surface area contributed by atoms with Gasteiger partial charge in [-0.05, 0) is 45.2 Å². The minimum atomic E-state index is 0.0589. The smallest absolute Gasteiger partial charge is 0.255 e. The molecule has 1 atom stereocenters. The molecule has 98 valence electrons. The Kier molecular flexibility index (Phi) is 3.91. The third-order valence-electron chi connectivity index (χ3n) is 3.47. The van der Waals surface area contributed by atoms with Gasteiger partial charge in [-0.25, -0.2) is 0 Å². The normalized spacial score (nSPS) is 19.9. The van der Waals surface area contributed by atoms with E-state index in [-0.39, 0.29) is 5.91 Å². The van der Waals surface area contributed by atoms with Crippen LogP contribution in [0.15, 0.2) is 6.07 Å². The topological polar surface area (TPSA) is 72.1 Å². The number of amides is 1. The van der Waals surface area contributed by atoms with E-state index in [1.165, 1.54) is 0 Å². The second-order valence-corrected chi connectivity index (χ2v) is 4.98. The highest BCUT2D eigenvalue weighted by Gasteiger charge is 2.25. The molecule has 2 heterocycles. The Balaban J connectivity index is 2.17. The van der Waals surface area contributed by atoms with Crippen LogP contribution in [0, 0.1) is 19.8 Å². The van der Waals surface area contributed by atoms with E-state index in [9.17, 15) is 4.79 Å². The highest BCUT2D eigenvalue weighted by Crippen LogP contribution is 2.18.